The molecule has 21 heavy (non-hydrogen) atoms. The van der Waals surface area contributed by atoms with Gasteiger partial charge in [-0.2, -0.15) is 0 Å². The van der Waals surface area contributed by atoms with Crippen molar-refractivity contribution < 1.29 is 17.9 Å². The predicted octanol–water partition coefficient (Wildman–Crippen LogP) is 5.00. The van der Waals surface area contributed by atoms with Crippen LogP contribution in [0.4, 0.5) is 13.2 Å². The number of halogens is 3. The summed E-state index contributed by atoms with van der Waals surface area (Å²) in [6.45, 7) is 6.26. The van der Waals surface area contributed by atoms with Gasteiger partial charge >= 0.3 is 6.36 Å². The molecule has 0 amide bonds. The summed E-state index contributed by atoms with van der Waals surface area (Å²) in [5.74, 6) is 0.207. The molecule has 2 nitrogen and oxygen atoms in total. The third-order valence-electron chi connectivity index (χ3n) is 3.38. The summed E-state index contributed by atoms with van der Waals surface area (Å²) in [6, 6.07) is 5.73. The topological polar surface area (TPSA) is 21.6 Å². The van der Waals surface area contributed by atoms with Crippen LogP contribution in [0.1, 0.15) is 32.8 Å². The van der Waals surface area contributed by atoms with E-state index >= 15 is 0 Å². The highest BCUT2D eigenvalue weighted by atomic mass is 19.4. The average Bonchev–Trinajstić information content (AvgIpc) is 2.43. The van der Waals surface area contributed by atoms with E-state index in [1.54, 1.807) is 19.2 Å². The molecule has 0 aliphatic heterocycles. The van der Waals surface area contributed by atoms with Gasteiger partial charge in [-0.1, -0.05) is 19.4 Å². The van der Waals surface area contributed by atoms with Crippen LogP contribution < -0.4 is 4.74 Å². The van der Waals surface area contributed by atoms with Gasteiger partial charge < -0.3 is 4.74 Å². The van der Waals surface area contributed by atoms with Gasteiger partial charge in [0.2, 0.25) is 0 Å². The standard InChI is InChI=1S/C16H20F3NO/c1-5-11(2)12(3)10-15(20-4)13-6-8-14(9-7-13)21-16(17,18)19/h6-11H,5H2,1-4H3/b12-10-,20-15?. The van der Waals surface area contributed by atoms with Crippen LogP contribution in [0, 0.1) is 5.92 Å². The molecule has 0 aliphatic rings. The van der Waals surface area contributed by atoms with Crippen molar-refractivity contribution in [2.24, 2.45) is 10.9 Å². The van der Waals surface area contributed by atoms with Gasteiger partial charge in [0.05, 0.1) is 5.71 Å². The molecular formula is C16H20F3NO. The Labute approximate surface area is 123 Å². The number of hydrogen-bond acceptors (Lipinski definition) is 2. The lowest BCUT2D eigenvalue weighted by Crippen LogP contribution is -2.17. The van der Waals surface area contributed by atoms with E-state index in [2.05, 4.69) is 23.6 Å². The van der Waals surface area contributed by atoms with Crippen LogP contribution in [0.2, 0.25) is 0 Å². The number of allylic oxidation sites excluding steroid dienone is 2. The van der Waals surface area contributed by atoms with Gasteiger partial charge in [0.15, 0.2) is 0 Å². The lowest BCUT2D eigenvalue weighted by molar-refractivity contribution is -0.274. The van der Waals surface area contributed by atoms with Gasteiger partial charge in [-0.3, -0.25) is 4.99 Å². The molecule has 116 valence electrons. The molecule has 0 saturated carbocycles. The third-order valence-corrected chi connectivity index (χ3v) is 3.38. The molecule has 0 radical (unpaired) electrons. The first-order chi connectivity index (χ1) is 9.76. The van der Waals surface area contributed by atoms with E-state index in [-0.39, 0.29) is 5.75 Å². The number of aliphatic imine (C=N–C) groups is 1. The van der Waals surface area contributed by atoms with E-state index in [0.29, 0.717) is 5.92 Å². The summed E-state index contributed by atoms with van der Waals surface area (Å²) in [5, 5.41) is 0. The van der Waals surface area contributed by atoms with Crippen molar-refractivity contribution in [3.8, 4) is 5.75 Å². The van der Waals surface area contributed by atoms with Crippen LogP contribution in [-0.4, -0.2) is 19.1 Å². The molecule has 0 saturated heterocycles. The van der Waals surface area contributed by atoms with Gasteiger partial charge in [0.25, 0.3) is 0 Å². The van der Waals surface area contributed by atoms with Crippen LogP contribution in [0.15, 0.2) is 40.9 Å². The predicted molar refractivity (Wildman–Crippen MR) is 78.8 cm³/mol. The molecule has 5 heteroatoms. The fraction of sp³-hybridized carbons (Fsp3) is 0.438. The van der Waals surface area contributed by atoms with Gasteiger partial charge in [-0.05, 0) is 55.2 Å². The first-order valence-electron chi connectivity index (χ1n) is 6.78. The molecule has 0 heterocycles. The molecule has 1 aromatic carbocycles. The van der Waals surface area contributed by atoms with Crippen LogP contribution >= 0.6 is 0 Å². The Balaban J connectivity index is 2.94. The number of benzene rings is 1. The van der Waals surface area contributed by atoms with Crippen molar-refractivity contribution in [1.29, 1.82) is 0 Å². The summed E-state index contributed by atoms with van der Waals surface area (Å²) in [7, 11) is 1.66. The smallest absolute Gasteiger partial charge is 0.406 e. The maximum atomic E-state index is 12.1. The molecule has 0 aromatic heterocycles. The molecular weight excluding hydrogens is 279 g/mol. The van der Waals surface area contributed by atoms with E-state index in [4.69, 9.17) is 0 Å². The Morgan fingerprint density at radius 3 is 2.29 bits per heavy atom. The van der Waals surface area contributed by atoms with Crippen molar-refractivity contribution in [2.75, 3.05) is 7.05 Å². The highest BCUT2D eigenvalue weighted by molar-refractivity contribution is 6.09. The lowest BCUT2D eigenvalue weighted by atomic mass is 9.97. The fourth-order valence-corrected chi connectivity index (χ4v) is 1.78. The molecule has 1 aromatic rings. The molecule has 1 rings (SSSR count). The van der Waals surface area contributed by atoms with E-state index in [9.17, 15) is 13.2 Å². The lowest BCUT2D eigenvalue weighted by Gasteiger charge is -2.11. The third kappa shape index (κ3) is 5.61. The number of rotatable bonds is 5. The normalized spacial score (nSPS) is 15.0. The molecule has 0 spiro atoms. The zero-order valence-electron chi connectivity index (χ0n) is 12.7. The van der Waals surface area contributed by atoms with E-state index in [1.807, 2.05) is 13.0 Å². The van der Waals surface area contributed by atoms with Crippen molar-refractivity contribution >= 4 is 5.71 Å². The van der Waals surface area contributed by atoms with Crippen LogP contribution in [-0.2, 0) is 0 Å². The first kappa shape index (κ1) is 17.3. The minimum atomic E-state index is -4.67. The summed E-state index contributed by atoms with van der Waals surface area (Å²) in [5.41, 5.74) is 2.69. The van der Waals surface area contributed by atoms with Gasteiger partial charge in [0, 0.05) is 7.05 Å². The summed E-state index contributed by atoms with van der Waals surface area (Å²) in [4.78, 5) is 4.20. The van der Waals surface area contributed by atoms with Gasteiger partial charge in [-0.15, -0.1) is 13.2 Å². The molecule has 1 unspecified atom stereocenters. The van der Waals surface area contributed by atoms with Gasteiger partial charge in [0.1, 0.15) is 5.75 Å². The second-order valence-electron chi connectivity index (χ2n) is 4.88. The molecule has 0 N–H and O–H groups in total. The summed E-state index contributed by atoms with van der Waals surface area (Å²) in [6.07, 6.45) is -1.68. The maximum absolute atomic E-state index is 12.1. The first-order valence-corrected chi connectivity index (χ1v) is 6.78. The van der Waals surface area contributed by atoms with Crippen molar-refractivity contribution in [3.05, 3.63) is 41.5 Å². The Morgan fingerprint density at radius 2 is 1.86 bits per heavy atom. The number of alkyl halides is 3. The number of hydrogen-bond donors (Lipinski definition) is 0. The molecule has 0 bridgehead atoms. The second-order valence-corrected chi connectivity index (χ2v) is 4.88. The van der Waals surface area contributed by atoms with Gasteiger partial charge in [-0.25, -0.2) is 0 Å². The van der Waals surface area contributed by atoms with E-state index < -0.39 is 6.36 Å². The summed E-state index contributed by atoms with van der Waals surface area (Å²) < 4.78 is 40.2. The second kappa shape index (κ2) is 7.29. The van der Waals surface area contributed by atoms with Crippen molar-refractivity contribution in [3.63, 3.8) is 0 Å². The van der Waals surface area contributed by atoms with Crippen LogP contribution in [0.25, 0.3) is 0 Å². The van der Waals surface area contributed by atoms with Crippen molar-refractivity contribution in [1.82, 2.24) is 0 Å². The minimum absolute atomic E-state index is 0.232. The number of nitrogens with zero attached hydrogens (tertiary/aromatic N) is 1. The van der Waals surface area contributed by atoms with E-state index in [0.717, 1.165) is 17.7 Å². The minimum Gasteiger partial charge on any atom is -0.406 e. The fourth-order valence-electron chi connectivity index (χ4n) is 1.78. The van der Waals surface area contributed by atoms with E-state index in [1.165, 1.54) is 17.7 Å². The quantitative estimate of drug-likeness (QED) is 0.701. The van der Waals surface area contributed by atoms with Crippen LogP contribution in [0.5, 0.6) is 5.75 Å². The Kier molecular flexibility index (Phi) is 6.00. The van der Waals surface area contributed by atoms with Crippen LogP contribution in [0.3, 0.4) is 0 Å². The Hall–Kier alpha value is -1.78. The molecule has 0 fully saturated rings. The average molecular weight is 299 g/mol. The zero-order chi connectivity index (χ0) is 16.0. The highest BCUT2D eigenvalue weighted by Crippen LogP contribution is 2.23. The SMILES string of the molecule is CCC(C)/C(C)=C\C(=NC)c1ccc(OC(F)(F)F)cc1. The maximum Gasteiger partial charge on any atom is 0.573 e. The summed E-state index contributed by atoms with van der Waals surface area (Å²) >= 11 is 0. The monoisotopic (exact) mass is 299 g/mol. The zero-order valence-corrected chi connectivity index (χ0v) is 12.7. The Bertz CT molecular complexity index is 515. The van der Waals surface area contributed by atoms with Crippen molar-refractivity contribution in [2.45, 2.75) is 33.6 Å². The largest absolute Gasteiger partial charge is 0.573 e. The highest BCUT2D eigenvalue weighted by Gasteiger charge is 2.30. The molecule has 0 aliphatic carbocycles. The molecule has 1 atom stereocenters. The number of ether oxygens (including phenoxy) is 1. The Morgan fingerprint density at radius 1 is 1.29 bits per heavy atom.